The van der Waals surface area contributed by atoms with Gasteiger partial charge >= 0.3 is 0 Å². The van der Waals surface area contributed by atoms with Gasteiger partial charge in [0.25, 0.3) is 0 Å². The summed E-state index contributed by atoms with van der Waals surface area (Å²) < 4.78 is 0. The molecule has 1 aromatic rings. The van der Waals surface area contributed by atoms with E-state index in [2.05, 4.69) is 26.1 Å². The minimum atomic E-state index is -0.0563. The number of rotatable bonds is 3. The van der Waals surface area contributed by atoms with Crippen LogP contribution in [0.4, 0.5) is 0 Å². The van der Waals surface area contributed by atoms with Crippen molar-refractivity contribution in [1.29, 1.82) is 0 Å². The van der Waals surface area contributed by atoms with E-state index in [1.165, 1.54) is 25.7 Å². The number of nitrogens with one attached hydrogen (secondary N) is 1. The molecule has 0 saturated heterocycles. The Bertz CT molecular complexity index is 458. The first-order valence-electron chi connectivity index (χ1n) is 8.07. The molecule has 0 bridgehead atoms. The summed E-state index contributed by atoms with van der Waals surface area (Å²) in [5, 5.41) is 23.7. The number of phenols is 2. The van der Waals surface area contributed by atoms with Crippen LogP contribution in [0.15, 0.2) is 18.2 Å². The predicted molar refractivity (Wildman–Crippen MR) is 86.5 cm³/mol. The molecule has 0 aromatic heterocycles. The summed E-state index contributed by atoms with van der Waals surface area (Å²) in [6.07, 6.45) is 4.97. The third-order valence-electron chi connectivity index (χ3n) is 4.84. The first-order chi connectivity index (χ1) is 9.80. The van der Waals surface area contributed by atoms with E-state index < -0.39 is 0 Å². The van der Waals surface area contributed by atoms with Crippen molar-refractivity contribution < 1.29 is 10.2 Å². The van der Waals surface area contributed by atoms with Gasteiger partial charge in [0.15, 0.2) is 0 Å². The van der Waals surface area contributed by atoms with Gasteiger partial charge in [-0.1, -0.05) is 39.7 Å². The minimum absolute atomic E-state index is 0.0563. The summed E-state index contributed by atoms with van der Waals surface area (Å²) in [4.78, 5) is 0. The van der Waals surface area contributed by atoms with Crippen LogP contribution in [-0.4, -0.2) is 16.3 Å². The predicted octanol–water partition coefficient (Wildman–Crippen LogP) is 4.35. The van der Waals surface area contributed by atoms with Gasteiger partial charge in [-0.3, -0.25) is 0 Å². The van der Waals surface area contributed by atoms with E-state index in [1.54, 1.807) is 18.2 Å². The van der Waals surface area contributed by atoms with E-state index in [1.807, 2.05) is 6.92 Å². The standard InChI is InChI=1S/C18H29NO2/c1-12(17-15(20)10-7-11-16(17)21)19-14-9-6-5-8-13(14)18(2,3)4/h7,10-14,19-21H,5-6,8-9H2,1-4H3. The van der Waals surface area contributed by atoms with Crippen LogP contribution in [0.3, 0.4) is 0 Å². The molecule has 21 heavy (non-hydrogen) atoms. The van der Waals surface area contributed by atoms with Gasteiger partial charge in [-0.05, 0) is 43.2 Å². The molecule has 0 amide bonds. The SMILES string of the molecule is CC(NC1CCCCC1C(C)(C)C)c1c(O)cccc1O. The highest BCUT2D eigenvalue weighted by atomic mass is 16.3. The molecule has 1 aromatic carbocycles. The van der Waals surface area contributed by atoms with Gasteiger partial charge < -0.3 is 15.5 Å². The normalized spacial score (nSPS) is 24.8. The van der Waals surface area contributed by atoms with E-state index >= 15 is 0 Å². The molecule has 3 N–H and O–H groups in total. The van der Waals surface area contributed by atoms with Crippen LogP contribution in [0.1, 0.15) is 65.0 Å². The highest BCUT2D eigenvalue weighted by molar-refractivity contribution is 5.44. The molecule has 1 fully saturated rings. The Balaban J connectivity index is 2.15. The fourth-order valence-electron chi connectivity index (χ4n) is 3.76. The number of hydrogen-bond donors (Lipinski definition) is 3. The zero-order valence-corrected chi connectivity index (χ0v) is 13.7. The van der Waals surface area contributed by atoms with Gasteiger partial charge in [-0.25, -0.2) is 0 Å². The quantitative estimate of drug-likeness (QED) is 0.776. The fourth-order valence-corrected chi connectivity index (χ4v) is 3.76. The summed E-state index contributed by atoms with van der Waals surface area (Å²) in [6.45, 7) is 8.93. The number of phenolic OH excluding ortho intramolecular Hbond substituents is 2. The largest absolute Gasteiger partial charge is 0.507 e. The van der Waals surface area contributed by atoms with Crippen molar-refractivity contribution in [2.24, 2.45) is 11.3 Å². The van der Waals surface area contributed by atoms with E-state index in [0.29, 0.717) is 17.5 Å². The topological polar surface area (TPSA) is 52.5 Å². The maximum atomic E-state index is 10.0. The molecule has 0 heterocycles. The van der Waals surface area contributed by atoms with Crippen LogP contribution in [0.5, 0.6) is 11.5 Å². The minimum Gasteiger partial charge on any atom is -0.507 e. The molecule has 1 aliphatic carbocycles. The Morgan fingerprint density at radius 2 is 1.67 bits per heavy atom. The molecular weight excluding hydrogens is 262 g/mol. The smallest absolute Gasteiger partial charge is 0.124 e. The van der Waals surface area contributed by atoms with E-state index in [9.17, 15) is 10.2 Å². The van der Waals surface area contributed by atoms with E-state index in [-0.39, 0.29) is 23.0 Å². The Labute approximate surface area is 128 Å². The molecular formula is C18H29NO2. The van der Waals surface area contributed by atoms with Gasteiger partial charge in [-0.15, -0.1) is 0 Å². The molecule has 1 aliphatic rings. The lowest BCUT2D eigenvalue weighted by molar-refractivity contribution is 0.124. The summed E-state index contributed by atoms with van der Waals surface area (Å²) in [6, 6.07) is 5.32. The van der Waals surface area contributed by atoms with E-state index in [0.717, 1.165) is 0 Å². The molecule has 0 spiro atoms. The van der Waals surface area contributed by atoms with Crippen molar-refractivity contribution in [2.75, 3.05) is 0 Å². The fraction of sp³-hybridized carbons (Fsp3) is 0.667. The van der Waals surface area contributed by atoms with Gasteiger partial charge in [-0.2, -0.15) is 0 Å². The van der Waals surface area contributed by atoms with Crippen molar-refractivity contribution >= 4 is 0 Å². The maximum Gasteiger partial charge on any atom is 0.124 e. The average Bonchev–Trinajstić information content (AvgIpc) is 2.37. The molecule has 3 heteroatoms. The number of hydrogen-bond acceptors (Lipinski definition) is 3. The van der Waals surface area contributed by atoms with Gasteiger partial charge in [0.2, 0.25) is 0 Å². The summed E-state index contributed by atoms with van der Waals surface area (Å²) in [5.74, 6) is 0.956. The van der Waals surface area contributed by atoms with Crippen LogP contribution >= 0.6 is 0 Å². The monoisotopic (exact) mass is 291 g/mol. The Hall–Kier alpha value is -1.22. The summed E-state index contributed by atoms with van der Waals surface area (Å²) in [5.41, 5.74) is 0.884. The highest BCUT2D eigenvalue weighted by Gasteiger charge is 2.35. The van der Waals surface area contributed by atoms with Crippen molar-refractivity contribution in [1.82, 2.24) is 5.32 Å². The molecule has 2 rings (SSSR count). The number of aromatic hydroxyl groups is 2. The Kier molecular flexibility index (Phi) is 4.82. The maximum absolute atomic E-state index is 10.0. The molecule has 3 unspecified atom stereocenters. The molecule has 3 atom stereocenters. The molecule has 118 valence electrons. The second kappa shape index (κ2) is 6.27. The van der Waals surface area contributed by atoms with Crippen molar-refractivity contribution in [3.05, 3.63) is 23.8 Å². The lowest BCUT2D eigenvalue weighted by Gasteiger charge is -2.42. The van der Waals surface area contributed by atoms with Gasteiger partial charge in [0, 0.05) is 12.1 Å². The number of benzene rings is 1. The molecule has 0 aliphatic heterocycles. The van der Waals surface area contributed by atoms with Crippen molar-refractivity contribution in [3.8, 4) is 11.5 Å². The summed E-state index contributed by atoms with van der Waals surface area (Å²) in [7, 11) is 0. The third-order valence-corrected chi connectivity index (χ3v) is 4.84. The highest BCUT2D eigenvalue weighted by Crippen LogP contribution is 2.40. The molecule has 0 radical (unpaired) electrons. The van der Waals surface area contributed by atoms with Crippen LogP contribution in [0, 0.1) is 11.3 Å². The summed E-state index contributed by atoms with van der Waals surface area (Å²) >= 11 is 0. The third kappa shape index (κ3) is 3.70. The van der Waals surface area contributed by atoms with Gasteiger partial charge in [0.1, 0.15) is 11.5 Å². The Morgan fingerprint density at radius 1 is 1.10 bits per heavy atom. The zero-order valence-electron chi connectivity index (χ0n) is 13.7. The van der Waals surface area contributed by atoms with Crippen molar-refractivity contribution in [3.63, 3.8) is 0 Å². The lowest BCUT2D eigenvalue weighted by atomic mass is 9.69. The Morgan fingerprint density at radius 3 is 2.24 bits per heavy atom. The lowest BCUT2D eigenvalue weighted by Crippen LogP contribution is -2.45. The average molecular weight is 291 g/mol. The second-order valence-corrected chi connectivity index (χ2v) is 7.46. The zero-order chi connectivity index (χ0) is 15.6. The molecule has 3 nitrogen and oxygen atoms in total. The van der Waals surface area contributed by atoms with Crippen LogP contribution in [0.2, 0.25) is 0 Å². The van der Waals surface area contributed by atoms with Crippen LogP contribution < -0.4 is 5.32 Å². The first kappa shape index (κ1) is 16.2. The molecule has 1 saturated carbocycles. The van der Waals surface area contributed by atoms with Gasteiger partial charge in [0.05, 0.1) is 5.56 Å². The second-order valence-electron chi connectivity index (χ2n) is 7.46. The van der Waals surface area contributed by atoms with E-state index in [4.69, 9.17) is 0 Å². The van der Waals surface area contributed by atoms with Crippen molar-refractivity contribution in [2.45, 2.75) is 65.5 Å². The first-order valence-corrected chi connectivity index (χ1v) is 8.07. The van der Waals surface area contributed by atoms with Crippen LogP contribution in [0.25, 0.3) is 0 Å². The van der Waals surface area contributed by atoms with Crippen LogP contribution in [-0.2, 0) is 0 Å².